The van der Waals surface area contributed by atoms with Crippen LogP contribution in [0.15, 0.2) is 18.2 Å². The van der Waals surface area contributed by atoms with E-state index >= 15 is 0 Å². The molecule has 1 saturated heterocycles. The van der Waals surface area contributed by atoms with Crippen molar-refractivity contribution in [1.29, 1.82) is 0 Å². The van der Waals surface area contributed by atoms with E-state index in [2.05, 4.69) is 0 Å². The van der Waals surface area contributed by atoms with Crippen molar-refractivity contribution >= 4 is 0 Å². The number of benzene rings is 1. The molecule has 3 rings (SSSR count). The Hall–Kier alpha value is -1.22. The van der Waals surface area contributed by atoms with Crippen molar-refractivity contribution in [2.45, 2.75) is 68.7 Å². The smallest absolute Gasteiger partial charge is 0.122 e. The van der Waals surface area contributed by atoms with E-state index in [1.807, 2.05) is 18.2 Å². The lowest BCUT2D eigenvalue weighted by molar-refractivity contribution is -0.233. The fraction of sp³-hybridized carbons (Fsp3) is 0.727. The molecule has 1 aromatic carbocycles. The maximum absolute atomic E-state index is 10.5. The normalized spacial score (nSPS) is 35.4. The fourth-order valence-electron chi connectivity index (χ4n) is 4.55. The molecule has 7 nitrogen and oxygen atoms in total. The lowest BCUT2D eigenvalue weighted by atomic mass is 9.82. The van der Waals surface area contributed by atoms with Gasteiger partial charge in [0.05, 0.1) is 19.8 Å². The minimum atomic E-state index is -1.30. The Morgan fingerprint density at radius 3 is 2.31 bits per heavy atom. The van der Waals surface area contributed by atoms with Gasteiger partial charge in [-0.1, -0.05) is 6.07 Å². The van der Waals surface area contributed by atoms with Gasteiger partial charge < -0.3 is 34.3 Å². The van der Waals surface area contributed by atoms with E-state index in [1.54, 1.807) is 14.2 Å². The second-order valence-electron chi connectivity index (χ2n) is 8.18. The van der Waals surface area contributed by atoms with Gasteiger partial charge in [0.25, 0.3) is 0 Å². The Morgan fingerprint density at radius 2 is 1.69 bits per heavy atom. The molecule has 1 aliphatic heterocycles. The van der Waals surface area contributed by atoms with E-state index in [0.29, 0.717) is 12.0 Å². The SMILES string of the molecule is COC[C@H]1O[C@@H](c2ccc(OC)c(CC3CCC(OC)CC3)c2)[C@H](O)[C@@H](O)[C@@H]1O. The van der Waals surface area contributed by atoms with E-state index in [0.717, 1.165) is 49.0 Å². The zero-order chi connectivity index (χ0) is 21.0. The molecule has 1 heterocycles. The van der Waals surface area contributed by atoms with Crippen LogP contribution in [0.5, 0.6) is 5.75 Å². The molecule has 1 saturated carbocycles. The van der Waals surface area contributed by atoms with Gasteiger partial charge in [0.2, 0.25) is 0 Å². The molecular weight excluding hydrogens is 376 g/mol. The molecule has 2 fully saturated rings. The second kappa shape index (κ2) is 10.2. The first-order valence-electron chi connectivity index (χ1n) is 10.4. The van der Waals surface area contributed by atoms with Gasteiger partial charge in [0.15, 0.2) is 0 Å². The van der Waals surface area contributed by atoms with Crippen molar-refractivity contribution < 1.29 is 34.3 Å². The van der Waals surface area contributed by atoms with Gasteiger partial charge in [-0.15, -0.1) is 0 Å². The van der Waals surface area contributed by atoms with Crippen LogP contribution in [-0.4, -0.2) is 73.8 Å². The number of aliphatic hydroxyl groups is 3. The van der Waals surface area contributed by atoms with Gasteiger partial charge >= 0.3 is 0 Å². The average molecular weight is 411 g/mol. The predicted octanol–water partition coefficient (Wildman–Crippen LogP) is 1.61. The van der Waals surface area contributed by atoms with Gasteiger partial charge in [-0.3, -0.25) is 0 Å². The molecule has 0 radical (unpaired) electrons. The molecular formula is C22H34O7. The molecule has 1 aromatic rings. The van der Waals surface area contributed by atoms with E-state index < -0.39 is 30.5 Å². The quantitative estimate of drug-likeness (QED) is 0.628. The van der Waals surface area contributed by atoms with E-state index in [1.165, 1.54) is 7.11 Å². The maximum atomic E-state index is 10.5. The summed E-state index contributed by atoms with van der Waals surface area (Å²) >= 11 is 0. The maximum Gasteiger partial charge on any atom is 0.122 e. The van der Waals surface area contributed by atoms with E-state index in [9.17, 15) is 15.3 Å². The van der Waals surface area contributed by atoms with Crippen LogP contribution in [0.3, 0.4) is 0 Å². The molecule has 3 N–H and O–H groups in total. The number of methoxy groups -OCH3 is 3. The Morgan fingerprint density at radius 1 is 0.966 bits per heavy atom. The second-order valence-corrected chi connectivity index (χ2v) is 8.18. The molecule has 5 atom stereocenters. The van der Waals surface area contributed by atoms with E-state index in [-0.39, 0.29) is 6.61 Å². The van der Waals surface area contributed by atoms with Crippen LogP contribution in [0.2, 0.25) is 0 Å². The van der Waals surface area contributed by atoms with Crippen LogP contribution in [0.4, 0.5) is 0 Å². The number of ether oxygens (including phenoxy) is 4. The summed E-state index contributed by atoms with van der Waals surface area (Å²) in [4.78, 5) is 0. The van der Waals surface area contributed by atoms with Crippen molar-refractivity contribution in [3.63, 3.8) is 0 Å². The Bertz CT molecular complexity index is 644. The summed E-state index contributed by atoms with van der Waals surface area (Å²) in [5.74, 6) is 1.36. The largest absolute Gasteiger partial charge is 0.496 e. The van der Waals surface area contributed by atoms with Crippen LogP contribution in [-0.2, 0) is 20.6 Å². The molecule has 0 spiro atoms. The standard InChI is InChI=1S/C22H34O7/c1-26-12-18-19(23)20(24)21(25)22(29-18)14-6-9-17(28-3)15(11-14)10-13-4-7-16(27-2)8-5-13/h6,9,11,13,16,18-25H,4-5,7-8,10,12H2,1-3H3/t13?,16?,18-,19-,20+,21-,22+/m1/s1. The molecule has 1 aliphatic carbocycles. The highest BCUT2D eigenvalue weighted by molar-refractivity contribution is 5.39. The third-order valence-corrected chi connectivity index (χ3v) is 6.31. The average Bonchev–Trinajstić information content (AvgIpc) is 2.74. The Kier molecular flexibility index (Phi) is 7.90. The third kappa shape index (κ3) is 5.10. The summed E-state index contributed by atoms with van der Waals surface area (Å²) < 4.78 is 22.0. The zero-order valence-corrected chi connectivity index (χ0v) is 17.5. The van der Waals surface area contributed by atoms with Gasteiger partial charge in [-0.25, -0.2) is 0 Å². The first-order chi connectivity index (χ1) is 14.0. The van der Waals surface area contributed by atoms with E-state index in [4.69, 9.17) is 18.9 Å². The van der Waals surface area contributed by atoms with Crippen LogP contribution >= 0.6 is 0 Å². The number of rotatable bonds is 7. The van der Waals surface area contributed by atoms with Gasteiger partial charge in [0, 0.05) is 14.2 Å². The van der Waals surface area contributed by atoms with Crippen molar-refractivity contribution in [3.05, 3.63) is 29.3 Å². The van der Waals surface area contributed by atoms with Gasteiger partial charge in [0.1, 0.15) is 36.3 Å². The monoisotopic (exact) mass is 410 g/mol. The lowest BCUT2D eigenvalue weighted by Gasteiger charge is -2.40. The summed E-state index contributed by atoms with van der Waals surface area (Å²) in [6.45, 7) is 0.132. The summed E-state index contributed by atoms with van der Waals surface area (Å²) in [7, 11) is 4.93. The molecule has 2 aliphatic rings. The van der Waals surface area contributed by atoms with Crippen molar-refractivity contribution in [2.75, 3.05) is 27.9 Å². The molecule has 0 bridgehead atoms. The first-order valence-corrected chi connectivity index (χ1v) is 10.4. The molecule has 0 aromatic heterocycles. The molecule has 7 heteroatoms. The minimum absolute atomic E-state index is 0.132. The topological polar surface area (TPSA) is 97.6 Å². The molecule has 0 amide bonds. The summed E-state index contributed by atoms with van der Waals surface area (Å²) in [6.07, 6.45) is 0.395. The summed E-state index contributed by atoms with van der Waals surface area (Å²) in [5, 5.41) is 31.0. The fourth-order valence-corrected chi connectivity index (χ4v) is 4.55. The van der Waals surface area contributed by atoms with Gasteiger partial charge in [-0.2, -0.15) is 0 Å². The Balaban J connectivity index is 1.78. The highest BCUT2D eigenvalue weighted by Gasteiger charge is 2.44. The van der Waals surface area contributed by atoms with Crippen LogP contribution in [0.1, 0.15) is 42.9 Å². The summed E-state index contributed by atoms with van der Waals surface area (Å²) in [6, 6.07) is 5.71. The zero-order valence-electron chi connectivity index (χ0n) is 17.5. The Labute approximate surface area is 172 Å². The minimum Gasteiger partial charge on any atom is -0.496 e. The van der Waals surface area contributed by atoms with Crippen LogP contribution in [0, 0.1) is 5.92 Å². The molecule has 164 valence electrons. The van der Waals surface area contributed by atoms with Gasteiger partial charge in [-0.05, 0) is 61.3 Å². The third-order valence-electron chi connectivity index (χ3n) is 6.31. The van der Waals surface area contributed by atoms with Crippen molar-refractivity contribution in [2.24, 2.45) is 5.92 Å². The predicted molar refractivity (Wildman–Crippen MR) is 107 cm³/mol. The summed E-state index contributed by atoms with van der Waals surface area (Å²) in [5.41, 5.74) is 1.82. The van der Waals surface area contributed by atoms with Crippen LogP contribution < -0.4 is 4.74 Å². The van der Waals surface area contributed by atoms with Crippen molar-refractivity contribution in [3.8, 4) is 5.75 Å². The number of hydrogen-bond donors (Lipinski definition) is 3. The van der Waals surface area contributed by atoms with Crippen LogP contribution in [0.25, 0.3) is 0 Å². The lowest BCUT2D eigenvalue weighted by Crippen LogP contribution is -2.55. The molecule has 0 unspecified atom stereocenters. The first kappa shape index (κ1) is 22.5. The van der Waals surface area contributed by atoms with Crippen molar-refractivity contribution in [1.82, 2.24) is 0 Å². The number of aliphatic hydroxyl groups excluding tert-OH is 3. The molecule has 29 heavy (non-hydrogen) atoms. The highest BCUT2D eigenvalue weighted by Crippen LogP contribution is 2.36. The number of hydrogen-bond acceptors (Lipinski definition) is 7. The highest BCUT2D eigenvalue weighted by atomic mass is 16.6.